The number of rotatable bonds is 2. The van der Waals surface area contributed by atoms with Gasteiger partial charge in [-0.3, -0.25) is 4.79 Å². The van der Waals surface area contributed by atoms with Crippen molar-refractivity contribution in [2.45, 2.75) is 6.04 Å². The molecule has 1 aliphatic rings. The fourth-order valence-electron chi connectivity index (χ4n) is 3.03. The first-order valence-corrected chi connectivity index (χ1v) is 7.93. The molecule has 0 bridgehead atoms. The van der Waals surface area contributed by atoms with Crippen LogP contribution in [0.2, 0.25) is 0 Å². The Morgan fingerprint density at radius 1 is 1.17 bits per heavy atom. The second kappa shape index (κ2) is 6.05. The van der Waals surface area contributed by atoms with Crippen LogP contribution < -0.4 is 5.32 Å². The molecule has 24 heavy (non-hydrogen) atoms. The highest BCUT2D eigenvalue weighted by atomic mass is 19.1. The number of carbonyl (C=O) groups is 1. The highest BCUT2D eigenvalue weighted by molar-refractivity contribution is 5.94. The molecule has 1 saturated heterocycles. The minimum Gasteiger partial charge on any atom is -0.341 e. The number of halogens is 1. The van der Waals surface area contributed by atoms with E-state index < -0.39 is 0 Å². The van der Waals surface area contributed by atoms with Crippen molar-refractivity contribution in [2.24, 2.45) is 0 Å². The van der Waals surface area contributed by atoms with Crippen LogP contribution in [0.5, 0.6) is 0 Å². The van der Waals surface area contributed by atoms with Crippen LogP contribution >= 0.6 is 0 Å². The quantitative estimate of drug-likeness (QED) is 0.761. The molecule has 0 aliphatic carbocycles. The average molecular weight is 324 g/mol. The van der Waals surface area contributed by atoms with Gasteiger partial charge in [-0.1, -0.05) is 12.1 Å². The van der Waals surface area contributed by atoms with Gasteiger partial charge in [0.05, 0.1) is 17.1 Å². The summed E-state index contributed by atoms with van der Waals surface area (Å²) in [6.45, 7) is 1.83. The summed E-state index contributed by atoms with van der Waals surface area (Å²) in [7, 11) is 0. The van der Waals surface area contributed by atoms with Gasteiger partial charge in [-0.15, -0.1) is 0 Å². The summed E-state index contributed by atoms with van der Waals surface area (Å²) in [5, 5.41) is 3.39. The number of nitrogens with one attached hydrogen (secondary N) is 2. The predicted molar refractivity (Wildman–Crippen MR) is 89.1 cm³/mol. The number of benzene rings is 2. The Kier molecular flexibility index (Phi) is 3.74. The fourth-order valence-corrected chi connectivity index (χ4v) is 3.03. The molecule has 1 aliphatic heterocycles. The smallest absolute Gasteiger partial charge is 0.253 e. The maximum absolute atomic E-state index is 13.0. The van der Waals surface area contributed by atoms with Crippen LogP contribution in [-0.4, -0.2) is 40.4 Å². The minimum absolute atomic E-state index is 0.0458. The molecule has 2 aromatic carbocycles. The lowest BCUT2D eigenvalue weighted by Crippen LogP contribution is -2.48. The van der Waals surface area contributed by atoms with Crippen LogP contribution in [0.4, 0.5) is 4.39 Å². The molecule has 3 aromatic rings. The topological polar surface area (TPSA) is 61.0 Å². The number of carbonyl (C=O) groups excluding carboxylic acids is 1. The molecule has 5 nitrogen and oxygen atoms in total. The van der Waals surface area contributed by atoms with Gasteiger partial charge in [0.15, 0.2) is 0 Å². The van der Waals surface area contributed by atoms with Gasteiger partial charge in [0.25, 0.3) is 5.91 Å². The summed E-state index contributed by atoms with van der Waals surface area (Å²) in [4.78, 5) is 22.3. The lowest BCUT2D eigenvalue weighted by Gasteiger charge is -2.32. The normalized spacial score (nSPS) is 18.0. The molecule has 2 N–H and O–H groups in total. The summed E-state index contributed by atoms with van der Waals surface area (Å²) in [5.74, 6) is 0.400. The monoisotopic (exact) mass is 324 g/mol. The SMILES string of the molecule is O=C(c1ccc(F)cc1)N1CCNC(c2nc3ccccc3[nH]2)C1. The van der Waals surface area contributed by atoms with E-state index in [-0.39, 0.29) is 17.8 Å². The van der Waals surface area contributed by atoms with Crippen LogP contribution in [0, 0.1) is 5.82 Å². The molecule has 0 radical (unpaired) electrons. The molecule has 1 atom stereocenters. The highest BCUT2D eigenvalue weighted by Gasteiger charge is 2.26. The molecule has 2 heterocycles. The van der Waals surface area contributed by atoms with Gasteiger partial charge in [-0.2, -0.15) is 0 Å². The van der Waals surface area contributed by atoms with Crippen molar-refractivity contribution in [3.8, 4) is 0 Å². The molecule has 4 rings (SSSR count). The number of aromatic nitrogens is 2. The molecule has 0 spiro atoms. The van der Waals surface area contributed by atoms with E-state index in [2.05, 4.69) is 15.3 Å². The molecule has 1 unspecified atom stereocenters. The van der Waals surface area contributed by atoms with Gasteiger partial charge in [0, 0.05) is 25.2 Å². The van der Waals surface area contributed by atoms with Gasteiger partial charge < -0.3 is 15.2 Å². The first kappa shape index (κ1) is 14.8. The van der Waals surface area contributed by atoms with E-state index in [4.69, 9.17) is 0 Å². The van der Waals surface area contributed by atoms with Crippen LogP contribution in [0.3, 0.4) is 0 Å². The van der Waals surface area contributed by atoms with Crippen LogP contribution in [-0.2, 0) is 0 Å². The van der Waals surface area contributed by atoms with Crippen LogP contribution in [0.25, 0.3) is 11.0 Å². The van der Waals surface area contributed by atoms with Crippen molar-refractivity contribution in [1.82, 2.24) is 20.2 Å². The molecule has 122 valence electrons. The number of fused-ring (bicyclic) bond motifs is 1. The Hall–Kier alpha value is -2.73. The summed E-state index contributed by atoms with van der Waals surface area (Å²) < 4.78 is 13.0. The van der Waals surface area contributed by atoms with E-state index in [1.807, 2.05) is 24.3 Å². The minimum atomic E-state index is -0.341. The van der Waals surface area contributed by atoms with Gasteiger partial charge in [-0.05, 0) is 36.4 Å². The van der Waals surface area contributed by atoms with Crippen molar-refractivity contribution < 1.29 is 9.18 Å². The van der Waals surface area contributed by atoms with Crippen molar-refractivity contribution in [3.05, 3.63) is 65.7 Å². The lowest BCUT2D eigenvalue weighted by atomic mass is 10.1. The first-order valence-electron chi connectivity index (χ1n) is 7.93. The summed E-state index contributed by atoms with van der Waals surface area (Å²) in [6.07, 6.45) is 0. The Bertz CT molecular complexity index is 841. The average Bonchev–Trinajstić information content (AvgIpc) is 3.06. The largest absolute Gasteiger partial charge is 0.341 e. The number of hydrogen-bond donors (Lipinski definition) is 2. The van der Waals surface area contributed by atoms with E-state index in [1.165, 1.54) is 24.3 Å². The number of H-pyrrole nitrogens is 1. The van der Waals surface area contributed by atoms with E-state index >= 15 is 0 Å². The maximum atomic E-state index is 13.0. The van der Waals surface area contributed by atoms with Crippen LogP contribution in [0.15, 0.2) is 48.5 Å². The Labute approximate surface area is 138 Å². The zero-order valence-electron chi connectivity index (χ0n) is 13.0. The number of hydrogen-bond acceptors (Lipinski definition) is 3. The first-order chi connectivity index (χ1) is 11.7. The van der Waals surface area contributed by atoms with Crippen molar-refractivity contribution in [2.75, 3.05) is 19.6 Å². The second-order valence-corrected chi connectivity index (χ2v) is 5.90. The molecule has 1 fully saturated rings. The zero-order chi connectivity index (χ0) is 16.5. The fraction of sp³-hybridized carbons (Fsp3) is 0.222. The van der Waals surface area contributed by atoms with E-state index in [1.54, 1.807) is 4.90 Å². The summed E-state index contributed by atoms with van der Waals surface area (Å²) in [6, 6.07) is 13.5. The number of imidazole rings is 1. The third-order valence-electron chi connectivity index (χ3n) is 4.29. The van der Waals surface area contributed by atoms with E-state index in [0.717, 1.165) is 16.9 Å². The maximum Gasteiger partial charge on any atom is 0.253 e. The van der Waals surface area contributed by atoms with E-state index in [9.17, 15) is 9.18 Å². The van der Waals surface area contributed by atoms with Gasteiger partial charge in [0.2, 0.25) is 0 Å². The second-order valence-electron chi connectivity index (χ2n) is 5.90. The number of para-hydroxylation sites is 2. The molecular weight excluding hydrogens is 307 g/mol. The Balaban J connectivity index is 1.54. The van der Waals surface area contributed by atoms with Gasteiger partial charge >= 0.3 is 0 Å². The number of amides is 1. The van der Waals surface area contributed by atoms with Gasteiger partial charge in [0.1, 0.15) is 11.6 Å². The zero-order valence-corrected chi connectivity index (χ0v) is 13.0. The Morgan fingerprint density at radius 2 is 1.96 bits per heavy atom. The van der Waals surface area contributed by atoms with Crippen molar-refractivity contribution in [1.29, 1.82) is 0 Å². The highest BCUT2D eigenvalue weighted by Crippen LogP contribution is 2.20. The van der Waals surface area contributed by atoms with E-state index in [0.29, 0.717) is 25.2 Å². The molecule has 1 amide bonds. The third kappa shape index (κ3) is 2.76. The summed E-state index contributed by atoms with van der Waals surface area (Å²) in [5.41, 5.74) is 2.40. The number of nitrogens with zero attached hydrogens (tertiary/aromatic N) is 2. The standard InChI is InChI=1S/C18H17FN4O/c19-13-7-5-12(6-8-13)18(24)23-10-9-20-16(11-23)17-21-14-3-1-2-4-15(14)22-17/h1-8,16,20H,9-11H2,(H,21,22). The predicted octanol–water partition coefficient (Wildman–Crippen LogP) is 2.49. The van der Waals surface area contributed by atoms with Crippen molar-refractivity contribution >= 4 is 16.9 Å². The lowest BCUT2D eigenvalue weighted by molar-refractivity contribution is 0.0700. The van der Waals surface area contributed by atoms with Crippen molar-refractivity contribution in [3.63, 3.8) is 0 Å². The Morgan fingerprint density at radius 3 is 2.75 bits per heavy atom. The number of piperazine rings is 1. The summed E-state index contributed by atoms with van der Waals surface area (Å²) >= 11 is 0. The molecular formula is C18H17FN4O. The number of aromatic amines is 1. The van der Waals surface area contributed by atoms with Gasteiger partial charge in [-0.25, -0.2) is 9.37 Å². The third-order valence-corrected chi connectivity index (χ3v) is 4.29. The molecule has 0 saturated carbocycles. The van der Waals surface area contributed by atoms with Crippen LogP contribution in [0.1, 0.15) is 22.2 Å². The molecule has 1 aromatic heterocycles. The molecule has 6 heteroatoms.